The first-order valence-corrected chi connectivity index (χ1v) is 9.84. The maximum absolute atomic E-state index is 12.7. The summed E-state index contributed by atoms with van der Waals surface area (Å²) in [6.45, 7) is 7.20. The number of hydrogen-bond acceptors (Lipinski definition) is 3. The van der Waals surface area contributed by atoms with Crippen molar-refractivity contribution in [1.82, 2.24) is 9.88 Å². The lowest BCUT2D eigenvalue weighted by atomic mass is 9.59. The first kappa shape index (κ1) is 18.0. The van der Waals surface area contributed by atoms with Crippen LogP contribution >= 0.6 is 0 Å². The summed E-state index contributed by atoms with van der Waals surface area (Å²) >= 11 is 0. The lowest BCUT2D eigenvalue weighted by Crippen LogP contribution is -2.56. The average Bonchev–Trinajstić information content (AvgIpc) is 2.65. The smallest absolute Gasteiger partial charge is 0.410 e. The first-order chi connectivity index (χ1) is 12.9. The summed E-state index contributed by atoms with van der Waals surface area (Å²) in [7, 11) is 0. The van der Waals surface area contributed by atoms with E-state index in [-0.39, 0.29) is 11.5 Å². The van der Waals surface area contributed by atoms with Gasteiger partial charge in [-0.3, -0.25) is 4.98 Å². The predicted octanol–water partition coefficient (Wildman–Crippen LogP) is 4.38. The Labute approximate surface area is 161 Å². The van der Waals surface area contributed by atoms with Gasteiger partial charge in [0.15, 0.2) is 0 Å². The summed E-state index contributed by atoms with van der Waals surface area (Å²) in [5.74, 6) is 0.351. The van der Waals surface area contributed by atoms with Crippen LogP contribution in [0.25, 0.3) is 0 Å². The summed E-state index contributed by atoms with van der Waals surface area (Å²) in [6, 6.07) is 14.9. The molecule has 2 aliphatic rings. The standard InChI is InChI=1S/C23H28N2O2/c1-22(2,3)27-21(26)25-13-11-23(20-10-6-7-12-24-20)15-18-9-5-4-8-17(18)14-19(23)16-25/h4-10,12,19H,11,13-16H2,1-3H3. The Morgan fingerprint density at radius 2 is 1.89 bits per heavy atom. The number of carbonyl (C=O) groups is 1. The van der Waals surface area contributed by atoms with E-state index in [1.54, 1.807) is 0 Å². The fraction of sp³-hybridized carbons (Fsp3) is 0.478. The number of nitrogens with zero attached hydrogens (tertiary/aromatic N) is 2. The highest BCUT2D eigenvalue weighted by Gasteiger charge is 2.49. The molecule has 4 heteroatoms. The Hall–Kier alpha value is -2.36. The highest BCUT2D eigenvalue weighted by atomic mass is 16.6. The van der Waals surface area contributed by atoms with Crippen molar-refractivity contribution in [2.75, 3.05) is 13.1 Å². The van der Waals surface area contributed by atoms with Gasteiger partial charge in [-0.1, -0.05) is 30.3 Å². The minimum absolute atomic E-state index is 0.00583. The van der Waals surface area contributed by atoms with Crippen LogP contribution in [0.3, 0.4) is 0 Å². The molecule has 1 saturated heterocycles. The van der Waals surface area contributed by atoms with Gasteiger partial charge in [0.05, 0.1) is 0 Å². The normalized spacial score (nSPS) is 24.7. The lowest BCUT2D eigenvalue weighted by Gasteiger charge is -2.50. The molecule has 2 aromatic rings. The molecule has 0 radical (unpaired) electrons. The van der Waals surface area contributed by atoms with Crippen molar-refractivity contribution < 1.29 is 9.53 Å². The van der Waals surface area contributed by atoms with Crippen LogP contribution in [0.2, 0.25) is 0 Å². The Kier molecular flexibility index (Phi) is 4.45. The van der Waals surface area contributed by atoms with Crippen LogP contribution in [0.4, 0.5) is 4.79 Å². The van der Waals surface area contributed by atoms with E-state index in [2.05, 4.69) is 36.4 Å². The van der Waals surface area contributed by atoms with E-state index in [0.717, 1.165) is 31.5 Å². The molecule has 4 nitrogen and oxygen atoms in total. The SMILES string of the molecule is CC(C)(C)OC(=O)N1CCC2(c3ccccn3)Cc3ccccc3CC2C1. The molecule has 1 aromatic carbocycles. The third-order valence-corrected chi connectivity index (χ3v) is 5.97. The number of ether oxygens (including phenoxy) is 1. The fourth-order valence-electron chi connectivity index (χ4n) is 4.68. The largest absolute Gasteiger partial charge is 0.444 e. The minimum atomic E-state index is -0.466. The molecule has 1 amide bonds. The van der Waals surface area contributed by atoms with Crippen molar-refractivity contribution >= 4 is 6.09 Å². The second-order valence-corrected chi connectivity index (χ2v) is 8.89. The molecule has 1 aliphatic heterocycles. The van der Waals surface area contributed by atoms with Crippen molar-refractivity contribution in [3.8, 4) is 0 Å². The minimum Gasteiger partial charge on any atom is -0.444 e. The fourth-order valence-corrected chi connectivity index (χ4v) is 4.68. The Morgan fingerprint density at radius 3 is 2.59 bits per heavy atom. The van der Waals surface area contributed by atoms with Gasteiger partial charge in [-0.05, 0) is 69.2 Å². The average molecular weight is 364 g/mol. The zero-order chi connectivity index (χ0) is 19.1. The summed E-state index contributed by atoms with van der Waals surface area (Å²) in [5, 5.41) is 0. The molecule has 27 heavy (non-hydrogen) atoms. The van der Waals surface area contributed by atoms with Crippen molar-refractivity contribution in [3.63, 3.8) is 0 Å². The molecule has 2 heterocycles. The zero-order valence-electron chi connectivity index (χ0n) is 16.4. The Morgan fingerprint density at radius 1 is 1.15 bits per heavy atom. The maximum atomic E-state index is 12.7. The first-order valence-electron chi connectivity index (χ1n) is 9.84. The molecule has 2 unspecified atom stereocenters. The van der Waals surface area contributed by atoms with Crippen molar-refractivity contribution in [2.45, 2.75) is 51.0 Å². The highest BCUT2D eigenvalue weighted by molar-refractivity contribution is 5.68. The summed E-state index contributed by atoms with van der Waals surface area (Å²) in [4.78, 5) is 19.3. The van der Waals surface area contributed by atoms with Gasteiger partial charge in [0.1, 0.15) is 5.60 Å². The van der Waals surface area contributed by atoms with E-state index in [0.29, 0.717) is 12.5 Å². The van der Waals surface area contributed by atoms with Crippen molar-refractivity contribution in [3.05, 3.63) is 65.5 Å². The molecule has 0 bridgehead atoms. The maximum Gasteiger partial charge on any atom is 0.410 e. The quantitative estimate of drug-likeness (QED) is 0.754. The molecule has 0 saturated carbocycles. The number of carbonyl (C=O) groups excluding carboxylic acids is 1. The number of aromatic nitrogens is 1. The number of fused-ring (bicyclic) bond motifs is 2. The van der Waals surface area contributed by atoms with Crippen LogP contribution in [-0.2, 0) is 23.0 Å². The number of hydrogen-bond donors (Lipinski definition) is 0. The molecule has 2 atom stereocenters. The van der Waals surface area contributed by atoms with Crippen LogP contribution in [-0.4, -0.2) is 34.7 Å². The predicted molar refractivity (Wildman–Crippen MR) is 106 cm³/mol. The second-order valence-electron chi connectivity index (χ2n) is 8.89. The summed E-state index contributed by atoms with van der Waals surface area (Å²) < 4.78 is 5.64. The zero-order valence-corrected chi connectivity index (χ0v) is 16.4. The van der Waals surface area contributed by atoms with Crippen LogP contribution in [0.15, 0.2) is 48.7 Å². The number of rotatable bonds is 1. The molecule has 0 N–H and O–H groups in total. The second kappa shape index (κ2) is 6.66. The Balaban J connectivity index is 1.67. The van der Waals surface area contributed by atoms with Gasteiger partial charge in [-0.15, -0.1) is 0 Å². The van der Waals surface area contributed by atoms with Gasteiger partial charge in [0, 0.05) is 30.4 Å². The molecule has 1 fully saturated rings. The number of piperidine rings is 1. The molecular formula is C23H28N2O2. The topological polar surface area (TPSA) is 42.4 Å². The van der Waals surface area contributed by atoms with Gasteiger partial charge < -0.3 is 9.64 Å². The molecule has 4 rings (SSSR count). The monoisotopic (exact) mass is 364 g/mol. The van der Waals surface area contributed by atoms with Gasteiger partial charge in [0.25, 0.3) is 0 Å². The van der Waals surface area contributed by atoms with E-state index in [1.807, 2.05) is 37.9 Å². The van der Waals surface area contributed by atoms with Gasteiger partial charge in [-0.25, -0.2) is 4.79 Å². The number of pyridine rings is 1. The van der Waals surface area contributed by atoms with Gasteiger partial charge in [-0.2, -0.15) is 0 Å². The summed E-state index contributed by atoms with van der Waals surface area (Å²) in [5.41, 5.74) is 3.51. The lowest BCUT2D eigenvalue weighted by molar-refractivity contribution is 0.00373. The molecule has 1 aromatic heterocycles. The van der Waals surface area contributed by atoms with Crippen molar-refractivity contribution in [2.24, 2.45) is 5.92 Å². The summed E-state index contributed by atoms with van der Waals surface area (Å²) in [6.07, 6.45) is 4.58. The van der Waals surface area contributed by atoms with Gasteiger partial charge in [0.2, 0.25) is 0 Å². The number of amides is 1. The van der Waals surface area contributed by atoms with Crippen molar-refractivity contribution in [1.29, 1.82) is 0 Å². The number of benzene rings is 1. The van der Waals surface area contributed by atoms with Crippen LogP contribution in [0, 0.1) is 5.92 Å². The van der Waals surface area contributed by atoms with E-state index in [4.69, 9.17) is 9.72 Å². The van der Waals surface area contributed by atoms with E-state index in [1.165, 1.54) is 11.1 Å². The molecule has 142 valence electrons. The third kappa shape index (κ3) is 3.45. The molecular weight excluding hydrogens is 336 g/mol. The van der Waals surface area contributed by atoms with E-state index < -0.39 is 5.60 Å². The van der Waals surface area contributed by atoms with Crippen LogP contribution < -0.4 is 0 Å². The van der Waals surface area contributed by atoms with E-state index >= 15 is 0 Å². The van der Waals surface area contributed by atoms with Crippen LogP contribution in [0.5, 0.6) is 0 Å². The highest BCUT2D eigenvalue weighted by Crippen LogP contribution is 2.47. The van der Waals surface area contributed by atoms with Gasteiger partial charge >= 0.3 is 6.09 Å². The van der Waals surface area contributed by atoms with Crippen LogP contribution in [0.1, 0.15) is 44.0 Å². The molecule has 1 aliphatic carbocycles. The van der Waals surface area contributed by atoms with E-state index in [9.17, 15) is 4.79 Å². The molecule has 0 spiro atoms. The Bertz CT molecular complexity index is 828. The third-order valence-electron chi connectivity index (χ3n) is 5.97. The number of likely N-dealkylation sites (tertiary alicyclic amines) is 1.